The van der Waals surface area contributed by atoms with Gasteiger partial charge in [0.25, 0.3) is 0 Å². The van der Waals surface area contributed by atoms with Gasteiger partial charge in [-0.25, -0.2) is 14.2 Å². The number of halogens is 1. The van der Waals surface area contributed by atoms with Crippen molar-refractivity contribution < 1.29 is 19.0 Å². The molecule has 0 aliphatic heterocycles. The minimum Gasteiger partial charge on any atom is -0.497 e. The first kappa shape index (κ1) is 12.0. The highest BCUT2D eigenvalue weighted by atomic mass is 19.1. The Morgan fingerprint density at radius 3 is 2.72 bits per heavy atom. The van der Waals surface area contributed by atoms with Crippen molar-refractivity contribution in [1.29, 1.82) is 0 Å². The summed E-state index contributed by atoms with van der Waals surface area (Å²) in [5, 5.41) is 9.01. The van der Waals surface area contributed by atoms with Gasteiger partial charge in [0.15, 0.2) is 5.69 Å². The molecule has 18 heavy (non-hydrogen) atoms. The summed E-state index contributed by atoms with van der Waals surface area (Å²) in [4.78, 5) is 14.8. The lowest BCUT2D eigenvalue weighted by atomic mass is 10.0. The number of carboxylic acid groups (broad SMARTS) is 1. The van der Waals surface area contributed by atoms with Gasteiger partial charge in [-0.1, -0.05) is 6.07 Å². The molecule has 0 radical (unpaired) electrons. The van der Waals surface area contributed by atoms with Crippen LogP contribution in [0.3, 0.4) is 0 Å². The number of hydrogen-bond acceptors (Lipinski definition) is 3. The molecule has 0 atom stereocenters. The number of aromatic nitrogens is 1. The van der Waals surface area contributed by atoms with Crippen LogP contribution >= 0.6 is 0 Å². The largest absolute Gasteiger partial charge is 0.497 e. The van der Waals surface area contributed by atoms with Crippen LogP contribution in [0.25, 0.3) is 11.1 Å². The number of hydrogen-bond donors (Lipinski definition) is 1. The summed E-state index contributed by atoms with van der Waals surface area (Å²) >= 11 is 0. The van der Waals surface area contributed by atoms with Crippen molar-refractivity contribution >= 4 is 5.97 Å². The van der Waals surface area contributed by atoms with Crippen molar-refractivity contribution in [3.05, 3.63) is 48.0 Å². The molecule has 2 rings (SSSR count). The van der Waals surface area contributed by atoms with Gasteiger partial charge in [-0.05, 0) is 18.2 Å². The van der Waals surface area contributed by atoms with Crippen LogP contribution in [0.5, 0.6) is 5.75 Å². The number of carbonyl (C=O) groups is 1. The molecule has 1 aromatic carbocycles. The maximum Gasteiger partial charge on any atom is 0.355 e. The van der Waals surface area contributed by atoms with E-state index in [4.69, 9.17) is 9.84 Å². The van der Waals surface area contributed by atoms with Gasteiger partial charge in [-0.15, -0.1) is 0 Å². The molecule has 0 aliphatic carbocycles. The molecule has 1 heterocycles. The molecule has 0 amide bonds. The molecule has 1 aromatic heterocycles. The number of benzene rings is 1. The van der Waals surface area contributed by atoms with Crippen molar-refractivity contribution in [3.63, 3.8) is 0 Å². The van der Waals surface area contributed by atoms with Crippen molar-refractivity contribution in [2.75, 3.05) is 7.11 Å². The topological polar surface area (TPSA) is 59.4 Å². The fraction of sp³-hybridized carbons (Fsp3) is 0.0769. The Hall–Kier alpha value is -2.43. The predicted octanol–water partition coefficient (Wildman–Crippen LogP) is 2.59. The van der Waals surface area contributed by atoms with Gasteiger partial charge >= 0.3 is 5.97 Å². The summed E-state index contributed by atoms with van der Waals surface area (Å²) in [6, 6.07) is 7.31. The highest BCUT2D eigenvalue weighted by Gasteiger charge is 2.15. The highest BCUT2D eigenvalue weighted by molar-refractivity contribution is 5.93. The van der Waals surface area contributed by atoms with Crippen LogP contribution < -0.4 is 4.74 Å². The fourth-order valence-corrected chi connectivity index (χ4v) is 1.63. The molecule has 92 valence electrons. The third kappa shape index (κ3) is 2.15. The molecule has 0 bridgehead atoms. The molecular weight excluding hydrogens is 237 g/mol. The van der Waals surface area contributed by atoms with E-state index in [1.807, 2.05) is 0 Å². The van der Waals surface area contributed by atoms with Gasteiger partial charge in [-0.2, -0.15) is 0 Å². The van der Waals surface area contributed by atoms with Crippen LogP contribution in [0, 0.1) is 5.82 Å². The first-order chi connectivity index (χ1) is 8.63. The lowest BCUT2D eigenvalue weighted by Crippen LogP contribution is -2.03. The predicted molar refractivity (Wildman–Crippen MR) is 63.1 cm³/mol. The summed E-state index contributed by atoms with van der Waals surface area (Å²) in [7, 11) is 1.43. The minimum absolute atomic E-state index is 0.179. The van der Waals surface area contributed by atoms with Crippen molar-refractivity contribution in [3.8, 4) is 16.9 Å². The average Bonchev–Trinajstić information content (AvgIpc) is 2.38. The zero-order chi connectivity index (χ0) is 13.1. The molecule has 5 heteroatoms. The van der Waals surface area contributed by atoms with Gasteiger partial charge in [-0.3, -0.25) is 0 Å². The summed E-state index contributed by atoms with van der Waals surface area (Å²) in [5.41, 5.74) is 0.244. The molecule has 0 saturated heterocycles. The third-order valence-corrected chi connectivity index (χ3v) is 2.48. The van der Waals surface area contributed by atoms with E-state index in [9.17, 15) is 9.18 Å². The lowest BCUT2D eigenvalue weighted by molar-refractivity contribution is 0.0691. The maximum atomic E-state index is 13.9. The van der Waals surface area contributed by atoms with Crippen LogP contribution in [0.4, 0.5) is 4.39 Å². The molecule has 0 aliphatic rings. The smallest absolute Gasteiger partial charge is 0.355 e. The monoisotopic (exact) mass is 247 g/mol. The van der Waals surface area contributed by atoms with Gasteiger partial charge in [0, 0.05) is 23.4 Å². The number of rotatable bonds is 3. The number of pyridine rings is 1. The van der Waals surface area contributed by atoms with Crippen LogP contribution in [0.1, 0.15) is 10.5 Å². The SMILES string of the molecule is COc1ccc(-c2cccnc2C(=O)O)c(F)c1. The van der Waals surface area contributed by atoms with E-state index in [2.05, 4.69) is 4.98 Å². The summed E-state index contributed by atoms with van der Waals surface area (Å²) in [6.45, 7) is 0. The van der Waals surface area contributed by atoms with E-state index in [1.165, 1.54) is 31.5 Å². The number of aromatic carboxylic acids is 1. The molecule has 1 N–H and O–H groups in total. The Kier molecular flexibility index (Phi) is 3.23. The van der Waals surface area contributed by atoms with Crippen molar-refractivity contribution in [2.24, 2.45) is 0 Å². The van der Waals surface area contributed by atoms with E-state index < -0.39 is 11.8 Å². The fourth-order valence-electron chi connectivity index (χ4n) is 1.63. The number of carboxylic acids is 1. The van der Waals surface area contributed by atoms with Gasteiger partial charge < -0.3 is 9.84 Å². The Labute approximate surface area is 103 Å². The Bertz CT molecular complexity index is 599. The standard InChI is InChI=1S/C13H10FNO3/c1-18-8-4-5-9(11(14)7-8)10-3-2-6-15-12(10)13(16)17/h2-7H,1H3,(H,16,17). The van der Waals surface area contributed by atoms with Gasteiger partial charge in [0.05, 0.1) is 7.11 Å². The number of nitrogens with zero attached hydrogens (tertiary/aromatic N) is 1. The van der Waals surface area contributed by atoms with E-state index in [0.29, 0.717) is 5.75 Å². The van der Waals surface area contributed by atoms with Crippen molar-refractivity contribution in [1.82, 2.24) is 4.98 Å². The van der Waals surface area contributed by atoms with E-state index in [-0.39, 0.29) is 16.8 Å². The average molecular weight is 247 g/mol. The second-order valence-electron chi connectivity index (χ2n) is 3.55. The van der Waals surface area contributed by atoms with Crippen LogP contribution in [-0.2, 0) is 0 Å². The zero-order valence-electron chi connectivity index (χ0n) is 9.55. The highest BCUT2D eigenvalue weighted by Crippen LogP contribution is 2.27. The Balaban J connectivity index is 2.59. The van der Waals surface area contributed by atoms with E-state index in [1.54, 1.807) is 12.1 Å². The number of ether oxygens (including phenoxy) is 1. The van der Waals surface area contributed by atoms with E-state index >= 15 is 0 Å². The number of methoxy groups -OCH3 is 1. The minimum atomic E-state index is -1.19. The summed E-state index contributed by atoms with van der Waals surface area (Å²) in [5.74, 6) is -1.37. The molecule has 0 fully saturated rings. The van der Waals surface area contributed by atoms with Gasteiger partial charge in [0.1, 0.15) is 11.6 Å². The Morgan fingerprint density at radius 2 is 2.11 bits per heavy atom. The second kappa shape index (κ2) is 4.83. The molecule has 2 aromatic rings. The Morgan fingerprint density at radius 1 is 1.33 bits per heavy atom. The van der Waals surface area contributed by atoms with Crippen molar-refractivity contribution in [2.45, 2.75) is 0 Å². The first-order valence-corrected chi connectivity index (χ1v) is 5.15. The third-order valence-electron chi connectivity index (χ3n) is 2.48. The van der Waals surface area contributed by atoms with Crippen LogP contribution in [0.2, 0.25) is 0 Å². The summed E-state index contributed by atoms with van der Waals surface area (Å²) in [6.07, 6.45) is 1.36. The van der Waals surface area contributed by atoms with Crippen LogP contribution in [-0.4, -0.2) is 23.2 Å². The first-order valence-electron chi connectivity index (χ1n) is 5.15. The maximum absolute atomic E-state index is 13.9. The summed E-state index contributed by atoms with van der Waals surface area (Å²) < 4.78 is 18.8. The van der Waals surface area contributed by atoms with Gasteiger partial charge in [0.2, 0.25) is 0 Å². The lowest BCUT2D eigenvalue weighted by Gasteiger charge is -2.07. The second-order valence-corrected chi connectivity index (χ2v) is 3.55. The quantitative estimate of drug-likeness (QED) is 0.905. The molecule has 0 spiro atoms. The molecule has 4 nitrogen and oxygen atoms in total. The normalized spacial score (nSPS) is 10.1. The zero-order valence-corrected chi connectivity index (χ0v) is 9.55. The molecule has 0 saturated carbocycles. The van der Waals surface area contributed by atoms with E-state index in [0.717, 1.165) is 0 Å². The molecule has 0 unspecified atom stereocenters. The molecular formula is C13H10FNO3. The van der Waals surface area contributed by atoms with Crippen LogP contribution in [0.15, 0.2) is 36.5 Å².